The standard InChI is InChI=1S/C26H41N3O6S/c1-9-17-11-13-18(14-12-17)21(22(31)27-15-20(30)34-8)29(26(6,7)10-2)23(32)19(16-36)28-24(33)35-25(3,4)5/h11-14,19,21,36H,9-10,15-16H2,1-8H3,(H,27,31)(H,28,33). The van der Waals surface area contributed by atoms with Crippen molar-refractivity contribution in [2.45, 2.75) is 84.5 Å². The average molecular weight is 524 g/mol. The van der Waals surface area contributed by atoms with Crippen LogP contribution in [0.3, 0.4) is 0 Å². The van der Waals surface area contributed by atoms with Gasteiger partial charge in [0.1, 0.15) is 24.2 Å². The quantitative estimate of drug-likeness (QED) is 0.303. The van der Waals surface area contributed by atoms with Crippen LogP contribution in [0.25, 0.3) is 0 Å². The van der Waals surface area contributed by atoms with Crippen molar-refractivity contribution < 1.29 is 28.7 Å². The Morgan fingerprint density at radius 3 is 2.06 bits per heavy atom. The van der Waals surface area contributed by atoms with Crippen molar-refractivity contribution in [3.8, 4) is 0 Å². The number of hydrogen-bond acceptors (Lipinski definition) is 7. The minimum atomic E-state index is -1.08. The van der Waals surface area contributed by atoms with Crippen molar-refractivity contribution >= 4 is 36.5 Å². The molecule has 0 fully saturated rings. The topological polar surface area (TPSA) is 114 Å². The number of carbonyl (C=O) groups excluding carboxylic acids is 4. The second kappa shape index (κ2) is 13.5. The van der Waals surface area contributed by atoms with Gasteiger partial charge >= 0.3 is 12.1 Å². The number of amides is 3. The number of aryl methyl sites for hydroxylation is 1. The van der Waals surface area contributed by atoms with E-state index in [1.165, 1.54) is 12.0 Å². The number of nitrogens with zero attached hydrogens (tertiary/aromatic N) is 1. The molecule has 3 amide bonds. The average Bonchev–Trinajstić information content (AvgIpc) is 2.82. The van der Waals surface area contributed by atoms with E-state index in [0.29, 0.717) is 12.0 Å². The zero-order chi connectivity index (χ0) is 27.7. The fourth-order valence-corrected chi connectivity index (χ4v) is 3.68. The highest BCUT2D eigenvalue weighted by molar-refractivity contribution is 7.80. The summed E-state index contributed by atoms with van der Waals surface area (Å²) in [5.74, 6) is -1.68. The van der Waals surface area contributed by atoms with Crippen molar-refractivity contribution in [3.63, 3.8) is 0 Å². The van der Waals surface area contributed by atoms with Gasteiger partial charge in [0, 0.05) is 11.3 Å². The number of benzene rings is 1. The van der Waals surface area contributed by atoms with Crippen LogP contribution in [0.5, 0.6) is 0 Å². The maximum Gasteiger partial charge on any atom is 0.408 e. The van der Waals surface area contributed by atoms with Crippen molar-refractivity contribution in [2.75, 3.05) is 19.4 Å². The molecule has 1 rings (SSSR count). The molecule has 2 unspecified atom stereocenters. The molecule has 0 heterocycles. The van der Waals surface area contributed by atoms with E-state index in [1.54, 1.807) is 32.9 Å². The molecular formula is C26H41N3O6S. The smallest absolute Gasteiger partial charge is 0.408 e. The molecule has 0 spiro atoms. The van der Waals surface area contributed by atoms with E-state index in [-0.39, 0.29) is 12.3 Å². The highest BCUT2D eigenvalue weighted by Gasteiger charge is 2.43. The Kier molecular flexibility index (Phi) is 11.8. The Hall–Kier alpha value is -2.75. The van der Waals surface area contributed by atoms with Crippen LogP contribution in [0.1, 0.15) is 72.1 Å². The van der Waals surface area contributed by atoms with Gasteiger partial charge < -0.3 is 25.0 Å². The summed E-state index contributed by atoms with van der Waals surface area (Å²) in [4.78, 5) is 53.1. The van der Waals surface area contributed by atoms with Crippen molar-refractivity contribution in [1.82, 2.24) is 15.5 Å². The predicted molar refractivity (Wildman–Crippen MR) is 142 cm³/mol. The fraction of sp³-hybridized carbons (Fsp3) is 0.615. The van der Waals surface area contributed by atoms with Crippen molar-refractivity contribution in [3.05, 3.63) is 35.4 Å². The van der Waals surface area contributed by atoms with E-state index in [1.807, 2.05) is 39.8 Å². The van der Waals surface area contributed by atoms with Crippen LogP contribution < -0.4 is 10.6 Å². The molecule has 0 aliphatic heterocycles. The van der Waals surface area contributed by atoms with Gasteiger partial charge in [0.05, 0.1) is 7.11 Å². The lowest BCUT2D eigenvalue weighted by Gasteiger charge is -2.44. The molecule has 0 saturated heterocycles. The maximum absolute atomic E-state index is 14.0. The van der Waals surface area contributed by atoms with E-state index in [4.69, 9.17) is 4.74 Å². The van der Waals surface area contributed by atoms with Gasteiger partial charge in [0.25, 0.3) is 0 Å². The van der Waals surface area contributed by atoms with Gasteiger partial charge in [-0.2, -0.15) is 12.6 Å². The van der Waals surface area contributed by atoms with Gasteiger partial charge in [0.15, 0.2) is 0 Å². The molecule has 0 aliphatic rings. The maximum atomic E-state index is 14.0. The number of alkyl carbamates (subject to hydrolysis) is 1. The normalized spacial score (nSPS) is 13.2. The largest absolute Gasteiger partial charge is 0.468 e. The molecule has 0 bridgehead atoms. The minimum absolute atomic E-state index is 0.0142. The van der Waals surface area contributed by atoms with Crippen LogP contribution in [0.2, 0.25) is 0 Å². The molecule has 1 aromatic carbocycles. The fourth-order valence-electron chi connectivity index (χ4n) is 3.43. The summed E-state index contributed by atoms with van der Waals surface area (Å²) in [6.07, 6.45) is 0.561. The highest BCUT2D eigenvalue weighted by atomic mass is 32.1. The molecule has 0 saturated carbocycles. The molecule has 36 heavy (non-hydrogen) atoms. The zero-order valence-electron chi connectivity index (χ0n) is 22.6. The molecule has 1 aromatic rings. The first kappa shape index (κ1) is 31.3. The number of methoxy groups -OCH3 is 1. The molecule has 9 nitrogen and oxygen atoms in total. The summed E-state index contributed by atoms with van der Waals surface area (Å²) >= 11 is 4.30. The van der Waals surface area contributed by atoms with E-state index in [9.17, 15) is 19.2 Å². The molecule has 2 atom stereocenters. The number of carbonyl (C=O) groups is 4. The summed E-state index contributed by atoms with van der Waals surface area (Å²) in [5.41, 5.74) is 0.0815. The van der Waals surface area contributed by atoms with E-state index >= 15 is 0 Å². The van der Waals surface area contributed by atoms with Gasteiger partial charge in [-0.1, -0.05) is 38.1 Å². The Bertz CT molecular complexity index is 911. The lowest BCUT2D eigenvalue weighted by Crippen LogP contribution is -2.60. The summed E-state index contributed by atoms with van der Waals surface area (Å²) in [6, 6.07) is 5.25. The number of ether oxygens (including phenoxy) is 2. The van der Waals surface area contributed by atoms with Gasteiger partial charge in [-0.25, -0.2) is 4.79 Å². The van der Waals surface area contributed by atoms with Gasteiger partial charge in [-0.3, -0.25) is 14.4 Å². The predicted octanol–water partition coefficient (Wildman–Crippen LogP) is 3.42. The van der Waals surface area contributed by atoms with E-state index in [2.05, 4.69) is 28.0 Å². The Labute approximate surface area is 220 Å². The molecule has 202 valence electrons. The van der Waals surface area contributed by atoms with E-state index < -0.39 is 47.1 Å². The van der Waals surface area contributed by atoms with Crippen LogP contribution >= 0.6 is 12.6 Å². The highest BCUT2D eigenvalue weighted by Crippen LogP contribution is 2.32. The third kappa shape index (κ3) is 9.04. The Morgan fingerprint density at radius 1 is 1.03 bits per heavy atom. The second-order valence-corrected chi connectivity index (χ2v) is 10.4. The van der Waals surface area contributed by atoms with Crippen LogP contribution in [0.15, 0.2) is 24.3 Å². The van der Waals surface area contributed by atoms with Crippen molar-refractivity contribution in [1.29, 1.82) is 0 Å². The zero-order valence-corrected chi connectivity index (χ0v) is 23.5. The monoisotopic (exact) mass is 523 g/mol. The summed E-state index contributed by atoms with van der Waals surface area (Å²) in [5, 5.41) is 5.17. The van der Waals surface area contributed by atoms with Crippen molar-refractivity contribution in [2.24, 2.45) is 0 Å². The molecule has 2 N–H and O–H groups in total. The van der Waals surface area contributed by atoms with Crippen LogP contribution in [-0.2, 0) is 30.3 Å². The third-order valence-electron chi connectivity index (χ3n) is 5.77. The van der Waals surface area contributed by atoms with Crippen LogP contribution in [0.4, 0.5) is 4.79 Å². The first-order valence-corrected chi connectivity index (χ1v) is 12.7. The number of thiol groups is 1. The third-order valence-corrected chi connectivity index (χ3v) is 6.14. The summed E-state index contributed by atoms with van der Waals surface area (Å²) < 4.78 is 9.97. The second-order valence-electron chi connectivity index (χ2n) is 10.0. The Balaban J connectivity index is 3.53. The molecule has 0 aliphatic carbocycles. The van der Waals surface area contributed by atoms with E-state index in [0.717, 1.165) is 12.0 Å². The number of esters is 1. The SMILES string of the molecule is CCc1ccc(C(C(=O)NCC(=O)OC)N(C(=O)C(CS)NC(=O)OC(C)(C)C)C(C)(C)CC)cc1. The lowest BCUT2D eigenvalue weighted by atomic mass is 9.91. The first-order chi connectivity index (χ1) is 16.7. The Morgan fingerprint density at radius 2 is 1.61 bits per heavy atom. The molecular weight excluding hydrogens is 482 g/mol. The number of rotatable bonds is 11. The molecule has 0 radical (unpaired) electrons. The first-order valence-electron chi connectivity index (χ1n) is 12.1. The molecule has 10 heteroatoms. The summed E-state index contributed by atoms with van der Waals surface area (Å²) in [6.45, 7) is 12.4. The van der Waals surface area contributed by atoms with Crippen LogP contribution in [-0.4, -0.2) is 65.4 Å². The van der Waals surface area contributed by atoms with Gasteiger partial charge in [-0.15, -0.1) is 0 Å². The lowest BCUT2D eigenvalue weighted by molar-refractivity contribution is -0.149. The summed E-state index contributed by atoms with van der Waals surface area (Å²) in [7, 11) is 1.23. The minimum Gasteiger partial charge on any atom is -0.468 e. The van der Waals surface area contributed by atoms with Crippen LogP contribution in [0, 0.1) is 0 Å². The van der Waals surface area contributed by atoms with Gasteiger partial charge in [-0.05, 0) is 58.6 Å². The number of nitrogens with one attached hydrogen (secondary N) is 2. The van der Waals surface area contributed by atoms with Gasteiger partial charge in [0.2, 0.25) is 11.8 Å². The number of hydrogen-bond donors (Lipinski definition) is 3. The molecule has 0 aromatic heterocycles.